The minimum absolute atomic E-state index is 1.03. The summed E-state index contributed by atoms with van der Waals surface area (Å²) < 4.78 is 2.26. The molecule has 4 aromatic rings. The Labute approximate surface area is 129 Å². The summed E-state index contributed by atoms with van der Waals surface area (Å²) in [5, 5.41) is 2.59. The molecule has 2 aromatic carbocycles. The van der Waals surface area contributed by atoms with Crippen LogP contribution >= 0.6 is 0 Å². The predicted molar refractivity (Wildman–Crippen MR) is 93.1 cm³/mol. The fraction of sp³-hybridized carbons (Fsp3) is 0.0476. The summed E-state index contributed by atoms with van der Waals surface area (Å²) in [5.74, 6) is 0. The van der Waals surface area contributed by atoms with Gasteiger partial charge >= 0.3 is 0 Å². The molecule has 0 aliphatic heterocycles. The Bertz CT molecular complexity index is 1050. The third-order valence-corrected chi connectivity index (χ3v) is 4.60. The third-order valence-electron chi connectivity index (χ3n) is 4.60. The number of rotatable bonds is 1. The molecule has 0 unspecified atom stereocenters. The SMILES string of the molecule is C1=Cc2c(-c3ccc4ccccc4c3)cn3cccc(c23)C1. The van der Waals surface area contributed by atoms with Crippen molar-refractivity contribution in [3.63, 3.8) is 0 Å². The Kier molecular flexibility index (Phi) is 2.33. The number of nitrogens with zero attached hydrogens (tertiary/aromatic N) is 1. The normalized spacial score (nSPS) is 13.1. The number of fused-ring (bicyclic) bond motifs is 1. The quantitative estimate of drug-likeness (QED) is 0.444. The Hall–Kier alpha value is -2.80. The van der Waals surface area contributed by atoms with E-state index in [-0.39, 0.29) is 0 Å². The van der Waals surface area contributed by atoms with Gasteiger partial charge in [-0.1, -0.05) is 54.6 Å². The molecule has 104 valence electrons. The number of aromatic nitrogens is 1. The lowest BCUT2D eigenvalue weighted by molar-refractivity contribution is 1.15. The lowest BCUT2D eigenvalue weighted by atomic mass is 9.96. The standard InChI is InChI=1S/C21H15N/c1-2-6-17-13-18(11-10-15(17)5-1)20-14-22-12-4-8-16-7-3-9-19(20)21(16)22/h1-6,8-14H,7H2. The van der Waals surface area contributed by atoms with Crippen LogP contribution in [0.25, 0.3) is 33.5 Å². The Balaban J connectivity index is 1.82. The number of allylic oxidation sites excluding steroid dienone is 1. The van der Waals surface area contributed by atoms with Gasteiger partial charge in [0, 0.05) is 23.5 Å². The highest BCUT2D eigenvalue weighted by Gasteiger charge is 2.15. The molecule has 5 rings (SSSR count). The van der Waals surface area contributed by atoms with Crippen LogP contribution in [0.3, 0.4) is 0 Å². The van der Waals surface area contributed by atoms with E-state index in [1.54, 1.807) is 0 Å². The van der Waals surface area contributed by atoms with Crippen molar-refractivity contribution in [3.8, 4) is 11.1 Å². The topological polar surface area (TPSA) is 4.41 Å². The van der Waals surface area contributed by atoms with Crippen LogP contribution in [0.4, 0.5) is 0 Å². The summed E-state index contributed by atoms with van der Waals surface area (Å²) in [4.78, 5) is 0. The van der Waals surface area contributed by atoms with Crippen LogP contribution in [0.2, 0.25) is 0 Å². The van der Waals surface area contributed by atoms with Crippen molar-refractivity contribution in [2.45, 2.75) is 6.42 Å². The van der Waals surface area contributed by atoms with Gasteiger partial charge in [-0.25, -0.2) is 0 Å². The molecule has 1 aliphatic rings. The molecule has 1 aliphatic carbocycles. The van der Waals surface area contributed by atoms with Gasteiger partial charge in [0.25, 0.3) is 0 Å². The van der Waals surface area contributed by atoms with Gasteiger partial charge < -0.3 is 4.40 Å². The van der Waals surface area contributed by atoms with E-state index in [1.807, 2.05) is 0 Å². The average molecular weight is 281 g/mol. The van der Waals surface area contributed by atoms with Crippen LogP contribution < -0.4 is 0 Å². The zero-order valence-corrected chi connectivity index (χ0v) is 12.2. The van der Waals surface area contributed by atoms with Gasteiger partial charge in [0.1, 0.15) is 0 Å². The minimum atomic E-state index is 1.03. The smallest absolute Gasteiger partial charge is 0.0563 e. The molecule has 0 N–H and O–H groups in total. The van der Waals surface area contributed by atoms with Gasteiger partial charge in [-0.05, 0) is 40.5 Å². The predicted octanol–water partition coefficient (Wildman–Crippen LogP) is 5.33. The summed E-state index contributed by atoms with van der Waals surface area (Å²) in [7, 11) is 0. The van der Waals surface area contributed by atoms with Crippen LogP contribution in [-0.2, 0) is 6.42 Å². The number of benzene rings is 2. The Morgan fingerprint density at radius 1 is 0.864 bits per heavy atom. The number of pyridine rings is 1. The molecule has 0 saturated heterocycles. The highest BCUT2D eigenvalue weighted by Crippen LogP contribution is 2.35. The maximum Gasteiger partial charge on any atom is 0.0563 e. The average Bonchev–Trinajstić information content (AvgIpc) is 2.96. The molecular formula is C21H15N. The van der Waals surface area contributed by atoms with E-state index in [0.717, 1.165) is 6.42 Å². The molecule has 0 fully saturated rings. The first-order valence-corrected chi connectivity index (χ1v) is 7.68. The van der Waals surface area contributed by atoms with Gasteiger partial charge in [0.05, 0.1) is 5.52 Å². The first kappa shape index (κ1) is 11.8. The van der Waals surface area contributed by atoms with E-state index in [1.165, 1.54) is 38.5 Å². The minimum Gasteiger partial charge on any atom is -0.322 e. The maximum absolute atomic E-state index is 2.29. The second-order valence-corrected chi connectivity index (χ2v) is 5.91. The van der Waals surface area contributed by atoms with Gasteiger partial charge in [-0.2, -0.15) is 0 Å². The van der Waals surface area contributed by atoms with Crippen molar-refractivity contribution in [1.82, 2.24) is 4.40 Å². The van der Waals surface area contributed by atoms with Gasteiger partial charge in [0.15, 0.2) is 0 Å². The zero-order chi connectivity index (χ0) is 14.5. The van der Waals surface area contributed by atoms with Gasteiger partial charge in [-0.3, -0.25) is 0 Å². The molecule has 22 heavy (non-hydrogen) atoms. The molecule has 2 aromatic heterocycles. The largest absolute Gasteiger partial charge is 0.322 e. The van der Waals surface area contributed by atoms with Crippen LogP contribution in [0.1, 0.15) is 11.1 Å². The molecule has 0 radical (unpaired) electrons. The van der Waals surface area contributed by atoms with Crippen LogP contribution in [0.5, 0.6) is 0 Å². The first-order valence-electron chi connectivity index (χ1n) is 7.68. The third kappa shape index (κ3) is 1.59. The van der Waals surface area contributed by atoms with E-state index in [9.17, 15) is 0 Å². The maximum atomic E-state index is 2.29. The molecule has 0 spiro atoms. The van der Waals surface area contributed by atoms with Crippen molar-refractivity contribution in [3.05, 3.63) is 84.2 Å². The fourth-order valence-electron chi connectivity index (χ4n) is 3.55. The summed E-state index contributed by atoms with van der Waals surface area (Å²) in [5.41, 5.74) is 6.71. The molecule has 0 saturated carbocycles. The monoisotopic (exact) mass is 281 g/mol. The summed E-state index contributed by atoms with van der Waals surface area (Å²) in [6.07, 6.45) is 9.97. The lowest BCUT2D eigenvalue weighted by Gasteiger charge is -2.09. The number of hydrogen-bond acceptors (Lipinski definition) is 0. The molecule has 2 heterocycles. The summed E-state index contributed by atoms with van der Waals surface area (Å²) >= 11 is 0. The summed E-state index contributed by atoms with van der Waals surface area (Å²) in [6, 6.07) is 19.6. The van der Waals surface area contributed by atoms with Gasteiger partial charge in [-0.15, -0.1) is 0 Å². The molecule has 0 bridgehead atoms. The van der Waals surface area contributed by atoms with E-state index >= 15 is 0 Å². The van der Waals surface area contributed by atoms with Crippen molar-refractivity contribution >= 4 is 22.4 Å². The highest BCUT2D eigenvalue weighted by molar-refractivity contribution is 5.93. The van der Waals surface area contributed by atoms with E-state index in [0.29, 0.717) is 0 Å². The second kappa shape index (κ2) is 4.35. The Morgan fingerprint density at radius 3 is 2.73 bits per heavy atom. The molecular weight excluding hydrogens is 266 g/mol. The van der Waals surface area contributed by atoms with E-state index in [2.05, 4.69) is 83.5 Å². The number of hydrogen-bond donors (Lipinski definition) is 0. The van der Waals surface area contributed by atoms with Crippen LogP contribution in [0, 0.1) is 0 Å². The fourth-order valence-corrected chi connectivity index (χ4v) is 3.55. The van der Waals surface area contributed by atoms with Crippen molar-refractivity contribution in [2.24, 2.45) is 0 Å². The molecule has 1 nitrogen and oxygen atoms in total. The van der Waals surface area contributed by atoms with Crippen molar-refractivity contribution in [1.29, 1.82) is 0 Å². The Morgan fingerprint density at radius 2 is 1.77 bits per heavy atom. The van der Waals surface area contributed by atoms with Crippen molar-refractivity contribution in [2.75, 3.05) is 0 Å². The van der Waals surface area contributed by atoms with Crippen LogP contribution in [0.15, 0.2) is 73.1 Å². The molecule has 1 heteroatoms. The summed E-state index contributed by atoms with van der Waals surface area (Å²) in [6.45, 7) is 0. The second-order valence-electron chi connectivity index (χ2n) is 5.91. The van der Waals surface area contributed by atoms with Crippen LogP contribution in [-0.4, -0.2) is 4.40 Å². The van der Waals surface area contributed by atoms with E-state index in [4.69, 9.17) is 0 Å². The molecule has 0 amide bonds. The molecule has 0 atom stereocenters. The van der Waals surface area contributed by atoms with Gasteiger partial charge in [0.2, 0.25) is 0 Å². The lowest BCUT2D eigenvalue weighted by Crippen LogP contribution is -1.93. The van der Waals surface area contributed by atoms with Crippen molar-refractivity contribution < 1.29 is 0 Å². The highest BCUT2D eigenvalue weighted by atomic mass is 14.9. The zero-order valence-electron chi connectivity index (χ0n) is 12.2. The first-order chi connectivity index (χ1) is 10.9. The van der Waals surface area contributed by atoms with E-state index < -0.39 is 0 Å².